The van der Waals surface area contributed by atoms with Crippen LogP contribution < -0.4 is 0 Å². The number of benzene rings is 2. The molecule has 0 amide bonds. The van der Waals surface area contributed by atoms with Crippen LogP contribution in [-0.4, -0.2) is 11.1 Å². The van der Waals surface area contributed by atoms with Crippen LogP contribution in [0, 0.1) is 9.39 Å². The molecule has 0 aliphatic rings. The molecule has 1 atom stereocenters. The molecule has 2 rings (SSSR count). The largest absolute Gasteiger partial charge is 0.481 e. The summed E-state index contributed by atoms with van der Waals surface area (Å²) in [5.41, 5.74) is 1.78. The first-order valence-electron chi connectivity index (χ1n) is 5.78. The average Bonchev–Trinajstić information content (AvgIpc) is 2.42. The molecule has 0 unspecified atom stereocenters. The fraction of sp³-hybridized carbons (Fsp3) is 0.133. The summed E-state index contributed by atoms with van der Waals surface area (Å²) in [4.78, 5) is 11.0. The SMILES string of the molecule is C[C@H](C(=O)O)c1ccc(-c2ccccc2)c(F)c1I. The van der Waals surface area contributed by atoms with E-state index in [2.05, 4.69) is 0 Å². The van der Waals surface area contributed by atoms with Crippen LogP contribution in [-0.2, 0) is 4.79 Å². The van der Waals surface area contributed by atoms with E-state index < -0.39 is 11.9 Å². The molecule has 0 saturated carbocycles. The van der Waals surface area contributed by atoms with Gasteiger partial charge in [-0.2, -0.15) is 0 Å². The fourth-order valence-electron chi connectivity index (χ4n) is 1.87. The van der Waals surface area contributed by atoms with Crippen molar-refractivity contribution < 1.29 is 14.3 Å². The topological polar surface area (TPSA) is 37.3 Å². The number of halogens is 2. The van der Waals surface area contributed by atoms with Gasteiger partial charge in [-0.1, -0.05) is 42.5 Å². The Morgan fingerprint density at radius 2 is 1.84 bits per heavy atom. The minimum absolute atomic E-state index is 0.364. The van der Waals surface area contributed by atoms with E-state index in [0.29, 0.717) is 14.7 Å². The van der Waals surface area contributed by atoms with Crippen LogP contribution in [0.2, 0.25) is 0 Å². The molecule has 0 aromatic heterocycles. The van der Waals surface area contributed by atoms with Crippen LogP contribution in [0.15, 0.2) is 42.5 Å². The molecule has 2 aromatic carbocycles. The summed E-state index contributed by atoms with van der Waals surface area (Å²) in [5.74, 6) is -2.03. The van der Waals surface area contributed by atoms with Gasteiger partial charge in [-0.05, 0) is 40.6 Å². The highest BCUT2D eigenvalue weighted by molar-refractivity contribution is 14.1. The van der Waals surface area contributed by atoms with E-state index >= 15 is 0 Å². The van der Waals surface area contributed by atoms with E-state index in [0.717, 1.165) is 5.56 Å². The van der Waals surface area contributed by atoms with Crippen molar-refractivity contribution in [3.63, 3.8) is 0 Å². The molecule has 0 aliphatic carbocycles. The van der Waals surface area contributed by atoms with E-state index in [1.54, 1.807) is 19.1 Å². The minimum atomic E-state index is -0.954. The smallest absolute Gasteiger partial charge is 0.310 e. The molecule has 19 heavy (non-hydrogen) atoms. The Morgan fingerprint density at radius 1 is 1.21 bits per heavy atom. The monoisotopic (exact) mass is 370 g/mol. The van der Waals surface area contributed by atoms with Crippen LogP contribution in [0.3, 0.4) is 0 Å². The van der Waals surface area contributed by atoms with Crippen molar-refractivity contribution >= 4 is 28.6 Å². The first kappa shape index (κ1) is 14.0. The molecule has 0 radical (unpaired) electrons. The molecular formula is C15H12FIO2. The molecule has 0 bridgehead atoms. The normalized spacial score (nSPS) is 12.2. The second kappa shape index (κ2) is 5.69. The van der Waals surface area contributed by atoms with Gasteiger partial charge in [-0.15, -0.1) is 0 Å². The van der Waals surface area contributed by atoms with Gasteiger partial charge in [0.05, 0.1) is 9.49 Å². The van der Waals surface area contributed by atoms with Gasteiger partial charge in [-0.25, -0.2) is 4.39 Å². The lowest BCUT2D eigenvalue weighted by molar-refractivity contribution is -0.138. The van der Waals surface area contributed by atoms with Crippen molar-refractivity contribution in [2.75, 3.05) is 0 Å². The minimum Gasteiger partial charge on any atom is -0.481 e. The summed E-state index contributed by atoms with van der Waals surface area (Å²) in [5, 5.41) is 9.01. The van der Waals surface area contributed by atoms with Crippen molar-refractivity contribution in [1.82, 2.24) is 0 Å². The Hall–Kier alpha value is -1.43. The van der Waals surface area contributed by atoms with E-state index in [1.165, 1.54) is 0 Å². The predicted molar refractivity (Wildman–Crippen MR) is 80.6 cm³/mol. The maximum Gasteiger partial charge on any atom is 0.310 e. The Balaban J connectivity index is 2.52. The zero-order valence-electron chi connectivity index (χ0n) is 10.2. The van der Waals surface area contributed by atoms with Crippen LogP contribution in [0.5, 0.6) is 0 Å². The highest BCUT2D eigenvalue weighted by Gasteiger charge is 2.20. The number of hydrogen-bond acceptors (Lipinski definition) is 1. The first-order valence-corrected chi connectivity index (χ1v) is 6.86. The molecule has 2 aromatic rings. The van der Waals surface area contributed by atoms with Gasteiger partial charge < -0.3 is 5.11 Å². The molecule has 0 saturated heterocycles. The molecule has 2 nitrogen and oxygen atoms in total. The van der Waals surface area contributed by atoms with Gasteiger partial charge >= 0.3 is 5.97 Å². The van der Waals surface area contributed by atoms with Gasteiger partial charge in [0.15, 0.2) is 0 Å². The van der Waals surface area contributed by atoms with Crippen molar-refractivity contribution in [3.05, 3.63) is 57.4 Å². The maximum atomic E-state index is 14.4. The molecule has 0 fully saturated rings. The van der Waals surface area contributed by atoms with Crippen LogP contribution >= 0.6 is 22.6 Å². The Labute approximate surface area is 124 Å². The van der Waals surface area contributed by atoms with Crippen LogP contribution in [0.25, 0.3) is 11.1 Å². The second-order valence-electron chi connectivity index (χ2n) is 4.26. The third-order valence-electron chi connectivity index (χ3n) is 3.03. The van der Waals surface area contributed by atoms with Gasteiger partial charge in [0.2, 0.25) is 0 Å². The fourth-order valence-corrected chi connectivity index (χ4v) is 2.81. The maximum absolute atomic E-state index is 14.4. The summed E-state index contributed by atoms with van der Waals surface area (Å²) in [6, 6.07) is 12.5. The lowest BCUT2D eigenvalue weighted by Crippen LogP contribution is -2.10. The number of carboxylic acids is 1. The quantitative estimate of drug-likeness (QED) is 0.819. The Kier molecular flexibility index (Phi) is 4.19. The number of carbonyl (C=O) groups is 1. The molecule has 98 valence electrons. The summed E-state index contributed by atoms with van der Waals surface area (Å²) in [7, 11) is 0. The highest BCUT2D eigenvalue weighted by Crippen LogP contribution is 2.31. The number of aliphatic carboxylic acids is 1. The Morgan fingerprint density at radius 3 is 2.42 bits per heavy atom. The van der Waals surface area contributed by atoms with E-state index in [4.69, 9.17) is 5.11 Å². The third kappa shape index (κ3) is 2.78. The lowest BCUT2D eigenvalue weighted by Gasteiger charge is -2.13. The molecular weight excluding hydrogens is 358 g/mol. The van der Waals surface area contributed by atoms with Crippen LogP contribution in [0.1, 0.15) is 18.4 Å². The third-order valence-corrected chi connectivity index (χ3v) is 4.13. The highest BCUT2D eigenvalue weighted by atomic mass is 127. The van der Waals surface area contributed by atoms with Crippen molar-refractivity contribution in [1.29, 1.82) is 0 Å². The van der Waals surface area contributed by atoms with Crippen molar-refractivity contribution in [2.45, 2.75) is 12.8 Å². The molecule has 0 aliphatic heterocycles. The number of rotatable bonds is 3. The van der Waals surface area contributed by atoms with Gasteiger partial charge in [0, 0.05) is 5.56 Å². The number of carboxylic acid groups (broad SMARTS) is 1. The molecule has 1 N–H and O–H groups in total. The lowest BCUT2D eigenvalue weighted by atomic mass is 9.97. The predicted octanol–water partition coefficient (Wildman–Crippen LogP) is 4.29. The van der Waals surface area contributed by atoms with Crippen molar-refractivity contribution in [2.24, 2.45) is 0 Å². The van der Waals surface area contributed by atoms with Crippen molar-refractivity contribution in [3.8, 4) is 11.1 Å². The average molecular weight is 370 g/mol. The van der Waals surface area contributed by atoms with Gasteiger partial charge in [-0.3, -0.25) is 4.79 Å². The second-order valence-corrected chi connectivity index (χ2v) is 5.34. The summed E-state index contributed by atoms with van der Waals surface area (Å²) >= 11 is 1.87. The summed E-state index contributed by atoms with van der Waals surface area (Å²) in [6.07, 6.45) is 0. The van der Waals surface area contributed by atoms with Gasteiger partial charge in [0.25, 0.3) is 0 Å². The molecule has 0 heterocycles. The zero-order valence-corrected chi connectivity index (χ0v) is 12.4. The zero-order chi connectivity index (χ0) is 14.0. The van der Waals surface area contributed by atoms with E-state index in [-0.39, 0.29) is 5.82 Å². The van der Waals surface area contributed by atoms with Gasteiger partial charge in [0.1, 0.15) is 5.82 Å². The summed E-state index contributed by atoms with van der Waals surface area (Å²) < 4.78 is 14.7. The number of hydrogen-bond donors (Lipinski definition) is 1. The molecule has 4 heteroatoms. The van der Waals surface area contributed by atoms with E-state index in [9.17, 15) is 9.18 Å². The van der Waals surface area contributed by atoms with Crippen LogP contribution in [0.4, 0.5) is 4.39 Å². The Bertz CT molecular complexity index is 611. The van der Waals surface area contributed by atoms with E-state index in [1.807, 2.05) is 52.9 Å². The molecule has 0 spiro atoms. The standard InChI is InChI=1S/C15H12FIO2/c1-9(15(18)19)11-7-8-12(13(16)14(11)17)10-5-3-2-4-6-10/h2-9H,1H3,(H,18,19)/t9-/m0/s1. The first-order chi connectivity index (χ1) is 9.02. The summed E-state index contributed by atoms with van der Waals surface area (Å²) in [6.45, 7) is 1.56.